The molecule has 3 rings (SSSR count). The molecule has 2 aromatic heterocycles. The van der Waals surface area contributed by atoms with Gasteiger partial charge in [0.25, 0.3) is 0 Å². The second kappa shape index (κ2) is 6.32. The summed E-state index contributed by atoms with van der Waals surface area (Å²) in [5.41, 5.74) is 4.74. The van der Waals surface area contributed by atoms with E-state index >= 15 is 0 Å². The van der Waals surface area contributed by atoms with Gasteiger partial charge >= 0.3 is 0 Å². The summed E-state index contributed by atoms with van der Waals surface area (Å²) in [4.78, 5) is 8.06. The van der Waals surface area contributed by atoms with E-state index in [1.165, 1.54) is 11.1 Å². The Morgan fingerprint density at radius 3 is 2.86 bits per heavy atom. The molecule has 0 radical (unpaired) electrons. The Morgan fingerprint density at radius 2 is 2.09 bits per heavy atom. The molecule has 0 aliphatic carbocycles. The van der Waals surface area contributed by atoms with Crippen LogP contribution in [0, 0.1) is 13.8 Å². The fourth-order valence-corrected chi connectivity index (χ4v) is 2.54. The molecule has 3 aromatic rings. The number of imidazole rings is 1. The Kier molecular flexibility index (Phi) is 4.24. The smallest absolute Gasteiger partial charge is 0.121 e. The quantitative estimate of drug-likeness (QED) is 0.735. The molecule has 0 bridgehead atoms. The maximum atomic E-state index is 4.66. The van der Waals surface area contributed by atoms with Crippen LogP contribution in [0.1, 0.15) is 30.3 Å². The molecular formula is C17H23N5. The van der Waals surface area contributed by atoms with Gasteiger partial charge in [-0.1, -0.05) is 0 Å². The SMILES string of the molecule is Cc1cc2nc(CNC(C)CCn3cccn3)[nH]c2cc1C. The number of aromatic nitrogens is 4. The number of fused-ring (bicyclic) bond motifs is 1. The first-order chi connectivity index (χ1) is 10.6. The Bertz CT molecular complexity index is 703. The van der Waals surface area contributed by atoms with Gasteiger partial charge in [-0.3, -0.25) is 4.68 Å². The molecule has 5 heteroatoms. The molecule has 0 aliphatic rings. The Labute approximate surface area is 130 Å². The van der Waals surface area contributed by atoms with Crippen molar-refractivity contribution >= 4 is 11.0 Å². The molecular weight excluding hydrogens is 274 g/mol. The van der Waals surface area contributed by atoms with Crippen molar-refractivity contribution in [1.82, 2.24) is 25.1 Å². The van der Waals surface area contributed by atoms with Gasteiger partial charge in [0.15, 0.2) is 0 Å². The molecule has 0 amide bonds. The minimum Gasteiger partial charge on any atom is -0.341 e. The zero-order chi connectivity index (χ0) is 15.5. The van der Waals surface area contributed by atoms with Crippen LogP contribution in [0.3, 0.4) is 0 Å². The van der Waals surface area contributed by atoms with Crippen LogP contribution in [0.2, 0.25) is 0 Å². The van der Waals surface area contributed by atoms with Gasteiger partial charge in [0.1, 0.15) is 5.82 Å². The summed E-state index contributed by atoms with van der Waals surface area (Å²) in [5.74, 6) is 0.992. The van der Waals surface area contributed by atoms with Crippen molar-refractivity contribution in [2.75, 3.05) is 0 Å². The van der Waals surface area contributed by atoms with Crippen LogP contribution in [0.5, 0.6) is 0 Å². The number of hydrogen-bond donors (Lipinski definition) is 2. The van der Waals surface area contributed by atoms with Gasteiger partial charge in [-0.15, -0.1) is 0 Å². The van der Waals surface area contributed by atoms with Gasteiger partial charge in [-0.05, 0) is 56.5 Å². The van der Waals surface area contributed by atoms with Crippen molar-refractivity contribution in [2.24, 2.45) is 0 Å². The van der Waals surface area contributed by atoms with Gasteiger partial charge < -0.3 is 10.3 Å². The second-order valence-corrected chi connectivity index (χ2v) is 5.98. The fraction of sp³-hybridized carbons (Fsp3) is 0.412. The second-order valence-electron chi connectivity index (χ2n) is 5.98. The molecule has 1 unspecified atom stereocenters. The summed E-state index contributed by atoms with van der Waals surface area (Å²) in [6.45, 7) is 8.14. The van der Waals surface area contributed by atoms with E-state index < -0.39 is 0 Å². The number of nitrogens with zero attached hydrogens (tertiary/aromatic N) is 3. The third kappa shape index (κ3) is 3.36. The predicted molar refractivity (Wildman–Crippen MR) is 88.7 cm³/mol. The van der Waals surface area contributed by atoms with Gasteiger partial charge in [0.05, 0.1) is 17.6 Å². The lowest BCUT2D eigenvalue weighted by atomic mass is 10.1. The predicted octanol–water partition coefficient (Wildman–Crippen LogP) is 2.94. The molecule has 2 N–H and O–H groups in total. The van der Waals surface area contributed by atoms with Crippen LogP contribution in [0.4, 0.5) is 0 Å². The summed E-state index contributed by atoms with van der Waals surface area (Å²) in [7, 11) is 0. The van der Waals surface area contributed by atoms with E-state index in [0.717, 1.165) is 36.4 Å². The lowest BCUT2D eigenvalue weighted by Gasteiger charge is -2.12. The van der Waals surface area contributed by atoms with Crippen molar-refractivity contribution < 1.29 is 0 Å². The summed E-state index contributed by atoms with van der Waals surface area (Å²) in [6, 6.07) is 6.69. The average Bonchev–Trinajstić information content (AvgIpc) is 3.13. The van der Waals surface area contributed by atoms with Gasteiger partial charge in [0.2, 0.25) is 0 Å². The van der Waals surface area contributed by atoms with Crippen molar-refractivity contribution in [2.45, 2.75) is 46.3 Å². The highest BCUT2D eigenvalue weighted by Crippen LogP contribution is 2.17. The highest BCUT2D eigenvalue weighted by Gasteiger charge is 2.07. The first-order valence-corrected chi connectivity index (χ1v) is 7.78. The van der Waals surface area contributed by atoms with Crippen molar-refractivity contribution in [3.63, 3.8) is 0 Å². The number of benzene rings is 1. The first kappa shape index (κ1) is 14.8. The Morgan fingerprint density at radius 1 is 1.27 bits per heavy atom. The molecule has 1 aromatic carbocycles. The molecule has 0 fully saturated rings. The minimum atomic E-state index is 0.417. The molecule has 0 saturated carbocycles. The number of aromatic amines is 1. The van der Waals surface area contributed by atoms with Crippen molar-refractivity contribution in [3.05, 3.63) is 47.5 Å². The zero-order valence-electron chi connectivity index (χ0n) is 13.4. The van der Waals surface area contributed by atoms with E-state index in [1.807, 2.05) is 23.1 Å². The summed E-state index contributed by atoms with van der Waals surface area (Å²) < 4.78 is 1.96. The minimum absolute atomic E-state index is 0.417. The van der Waals surface area contributed by atoms with Crippen LogP contribution < -0.4 is 5.32 Å². The molecule has 0 spiro atoms. The Balaban J connectivity index is 1.56. The molecule has 1 atom stereocenters. The van der Waals surface area contributed by atoms with Gasteiger partial charge in [0, 0.05) is 25.0 Å². The number of nitrogens with one attached hydrogen (secondary N) is 2. The topological polar surface area (TPSA) is 58.5 Å². The monoisotopic (exact) mass is 297 g/mol. The van der Waals surface area contributed by atoms with E-state index in [0.29, 0.717) is 6.04 Å². The number of hydrogen-bond acceptors (Lipinski definition) is 3. The lowest BCUT2D eigenvalue weighted by Crippen LogP contribution is -2.27. The van der Waals surface area contributed by atoms with Crippen LogP contribution in [-0.2, 0) is 13.1 Å². The summed E-state index contributed by atoms with van der Waals surface area (Å²) >= 11 is 0. The zero-order valence-corrected chi connectivity index (χ0v) is 13.4. The van der Waals surface area contributed by atoms with E-state index in [2.05, 4.69) is 53.3 Å². The fourth-order valence-electron chi connectivity index (χ4n) is 2.54. The maximum absolute atomic E-state index is 4.66. The van der Waals surface area contributed by atoms with E-state index in [-0.39, 0.29) is 0 Å². The van der Waals surface area contributed by atoms with E-state index in [1.54, 1.807) is 0 Å². The third-order valence-corrected chi connectivity index (χ3v) is 4.11. The molecule has 116 valence electrons. The van der Waals surface area contributed by atoms with Crippen LogP contribution in [-0.4, -0.2) is 25.8 Å². The van der Waals surface area contributed by atoms with Gasteiger partial charge in [-0.2, -0.15) is 5.10 Å². The lowest BCUT2D eigenvalue weighted by molar-refractivity contribution is 0.454. The van der Waals surface area contributed by atoms with E-state index in [9.17, 15) is 0 Å². The number of rotatable bonds is 6. The molecule has 5 nitrogen and oxygen atoms in total. The molecule has 0 saturated heterocycles. The Hall–Kier alpha value is -2.14. The summed E-state index contributed by atoms with van der Waals surface area (Å²) in [6.07, 6.45) is 4.85. The summed E-state index contributed by atoms with van der Waals surface area (Å²) in [5, 5.41) is 7.74. The largest absolute Gasteiger partial charge is 0.341 e. The standard InChI is InChI=1S/C17H23N5/c1-12-9-15-16(10-13(12)2)21-17(20-15)11-18-14(3)5-8-22-7-4-6-19-22/h4,6-7,9-10,14,18H,5,8,11H2,1-3H3,(H,20,21). The molecule has 2 heterocycles. The van der Waals surface area contributed by atoms with Crippen LogP contribution in [0.25, 0.3) is 11.0 Å². The average molecular weight is 297 g/mol. The number of aryl methyl sites for hydroxylation is 3. The number of H-pyrrole nitrogens is 1. The highest BCUT2D eigenvalue weighted by atomic mass is 15.3. The third-order valence-electron chi connectivity index (χ3n) is 4.11. The highest BCUT2D eigenvalue weighted by molar-refractivity contribution is 5.77. The van der Waals surface area contributed by atoms with Crippen LogP contribution >= 0.6 is 0 Å². The maximum Gasteiger partial charge on any atom is 0.121 e. The molecule has 0 aliphatic heterocycles. The van der Waals surface area contributed by atoms with Gasteiger partial charge in [-0.25, -0.2) is 4.98 Å². The molecule has 22 heavy (non-hydrogen) atoms. The van der Waals surface area contributed by atoms with Crippen LogP contribution in [0.15, 0.2) is 30.6 Å². The van der Waals surface area contributed by atoms with E-state index in [4.69, 9.17) is 0 Å². The van der Waals surface area contributed by atoms with Crippen molar-refractivity contribution in [3.8, 4) is 0 Å². The normalized spacial score (nSPS) is 12.9. The first-order valence-electron chi connectivity index (χ1n) is 7.78. The van der Waals surface area contributed by atoms with Crippen molar-refractivity contribution in [1.29, 1.82) is 0 Å².